The molecule has 0 radical (unpaired) electrons. The number of aromatic nitrogens is 2. The van der Waals surface area contributed by atoms with E-state index in [-0.39, 0.29) is 30.3 Å². The summed E-state index contributed by atoms with van der Waals surface area (Å²) >= 11 is 0. The standard InChI is InChI=1S/C17H20F5N3O/c1-25-13(23-14(26)10-8-16(10,18)19)11(9-4-2-5-9)12(24-25)15(6-3-7-15)17(20,21)22/h9-10H,2-8H2,1H3,(H,23,26)/t10-/m0/s1. The molecule has 4 rings (SSSR count). The van der Waals surface area contributed by atoms with Crippen molar-refractivity contribution in [2.45, 2.75) is 68.4 Å². The molecule has 1 aromatic heterocycles. The molecule has 1 N–H and O–H groups in total. The third-order valence-electron chi connectivity index (χ3n) is 6.18. The Kier molecular flexibility index (Phi) is 3.70. The zero-order valence-corrected chi connectivity index (χ0v) is 14.3. The van der Waals surface area contributed by atoms with Crippen molar-refractivity contribution in [1.29, 1.82) is 0 Å². The van der Waals surface area contributed by atoms with Crippen LogP contribution < -0.4 is 5.32 Å². The third kappa shape index (κ3) is 2.45. The van der Waals surface area contributed by atoms with E-state index in [1.807, 2.05) is 0 Å². The van der Waals surface area contributed by atoms with E-state index in [0.29, 0.717) is 12.0 Å². The normalized spacial score (nSPS) is 26.8. The minimum absolute atomic E-state index is 0.0265. The quantitative estimate of drug-likeness (QED) is 0.797. The summed E-state index contributed by atoms with van der Waals surface area (Å²) < 4.78 is 69.0. The maximum Gasteiger partial charge on any atom is 0.400 e. The van der Waals surface area contributed by atoms with Gasteiger partial charge in [-0.2, -0.15) is 18.3 Å². The van der Waals surface area contributed by atoms with Crippen molar-refractivity contribution in [2.24, 2.45) is 13.0 Å². The average molecular weight is 377 g/mol. The molecule has 0 spiro atoms. The molecule has 3 fully saturated rings. The molecule has 1 aromatic rings. The van der Waals surface area contributed by atoms with E-state index < -0.39 is 35.8 Å². The number of carbonyl (C=O) groups excluding carboxylic acids is 1. The van der Waals surface area contributed by atoms with Gasteiger partial charge >= 0.3 is 6.18 Å². The Bertz CT molecular complexity index is 746. The summed E-state index contributed by atoms with van der Waals surface area (Å²) in [4.78, 5) is 12.1. The van der Waals surface area contributed by atoms with E-state index in [4.69, 9.17) is 0 Å². The fraction of sp³-hybridized carbons (Fsp3) is 0.765. The number of anilines is 1. The zero-order chi connectivity index (χ0) is 18.9. The van der Waals surface area contributed by atoms with Gasteiger partial charge in [-0.05, 0) is 31.6 Å². The van der Waals surface area contributed by atoms with Crippen molar-refractivity contribution in [3.8, 4) is 0 Å². The Morgan fingerprint density at radius 3 is 2.23 bits per heavy atom. The fourth-order valence-corrected chi connectivity index (χ4v) is 4.01. The number of alkyl halides is 5. The molecule has 0 bridgehead atoms. The summed E-state index contributed by atoms with van der Waals surface area (Å²) in [6, 6.07) is 0. The highest BCUT2D eigenvalue weighted by molar-refractivity contribution is 5.95. The molecular formula is C17H20F5N3O. The molecule has 4 nitrogen and oxygen atoms in total. The van der Waals surface area contributed by atoms with E-state index in [9.17, 15) is 26.7 Å². The molecule has 3 aliphatic rings. The number of nitrogens with one attached hydrogen (secondary N) is 1. The van der Waals surface area contributed by atoms with E-state index >= 15 is 0 Å². The molecule has 0 unspecified atom stereocenters. The van der Waals surface area contributed by atoms with Crippen LogP contribution in [0.25, 0.3) is 0 Å². The first-order valence-corrected chi connectivity index (χ1v) is 8.89. The second-order valence-electron chi connectivity index (χ2n) is 7.80. The van der Waals surface area contributed by atoms with Gasteiger partial charge in [-0.15, -0.1) is 0 Å². The SMILES string of the molecule is Cn1nc(C2(C(F)(F)F)CCC2)c(C2CCC2)c1NC(=O)[C@@H]1CC1(F)F. The molecule has 1 amide bonds. The Morgan fingerprint density at radius 1 is 1.23 bits per heavy atom. The van der Waals surface area contributed by atoms with Gasteiger partial charge in [0.1, 0.15) is 17.2 Å². The second-order valence-corrected chi connectivity index (χ2v) is 7.80. The lowest BCUT2D eigenvalue weighted by molar-refractivity contribution is -0.214. The van der Waals surface area contributed by atoms with Crippen molar-refractivity contribution in [1.82, 2.24) is 9.78 Å². The molecule has 1 atom stereocenters. The summed E-state index contributed by atoms with van der Waals surface area (Å²) in [6.07, 6.45) is -2.20. The smallest absolute Gasteiger partial charge is 0.310 e. The van der Waals surface area contributed by atoms with E-state index in [2.05, 4.69) is 10.4 Å². The van der Waals surface area contributed by atoms with Crippen LogP contribution in [0, 0.1) is 5.92 Å². The van der Waals surface area contributed by atoms with Crippen LogP contribution in [0.3, 0.4) is 0 Å². The largest absolute Gasteiger partial charge is 0.400 e. The molecule has 0 aromatic carbocycles. The van der Waals surface area contributed by atoms with Crippen LogP contribution in [-0.2, 0) is 17.3 Å². The summed E-state index contributed by atoms with van der Waals surface area (Å²) in [5, 5.41) is 6.59. The van der Waals surface area contributed by atoms with Crippen LogP contribution in [0.15, 0.2) is 0 Å². The lowest BCUT2D eigenvalue weighted by atomic mass is 9.63. The molecule has 144 valence electrons. The highest BCUT2D eigenvalue weighted by Crippen LogP contribution is 2.58. The molecular weight excluding hydrogens is 357 g/mol. The van der Waals surface area contributed by atoms with Gasteiger partial charge in [0, 0.05) is 19.0 Å². The zero-order valence-electron chi connectivity index (χ0n) is 14.3. The van der Waals surface area contributed by atoms with Gasteiger partial charge in [-0.1, -0.05) is 12.8 Å². The molecule has 0 saturated heterocycles. The second kappa shape index (κ2) is 5.42. The number of rotatable bonds is 4. The Labute approximate surface area is 147 Å². The molecule has 26 heavy (non-hydrogen) atoms. The predicted molar refractivity (Wildman–Crippen MR) is 83.1 cm³/mol. The number of aryl methyl sites for hydroxylation is 1. The highest BCUT2D eigenvalue weighted by atomic mass is 19.4. The summed E-state index contributed by atoms with van der Waals surface area (Å²) in [6.45, 7) is 0. The summed E-state index contributed by atoms with van der Waals surface area (Å²) in [5.74, 6) is -5.25. The number of halogens is 5. The fourth-order valence-electron chi connectivity index (χ4n) is 4.01. The molecule has 9 heteroatoms. The average Bonchev–Trinajstić information content (AvgIpc) is 2.95. The Morgan fingerprint density at radius 2 is 1.85 bits per heavy atom. The van der Waals surface area contributed by atoms with E-state index in [1.54, 1.807) is 0 Å². The van der Waals surface area contributed by atoms with Crippen molar-refractivity contribution in [3.63, 3.8) is 0 Å². The lowest BCUT2D eigenvalue weighted by Gasteiger charge is -2.43. The Hall–Kier alpha value is -1.67. The van der Waals surface area contributed by atoms with Gasteiger partial charge in [0.05, 0.1) is 5.69 Å². The Balaban J connectivity index is 1.73. The number of hydrogen-bond acceptors (Lipinski definition) is 2. The summed E-state index contributed by atoms with van der Waals surface area (Å²) in [7, 11) is 1.45. The van der Waals surface area contributed by atoms with Gasteiger partial charge in [0.2, 0.25) is 5.91 Å². The molecule has 3 aliphatic carbocycles. The van der Waals surface area contributed by atoms with Crippen LogP contribution in [0.2, 0.25) is 0 Å². The van der Waals surface area contributed by atoms with Crippen LogP contribution in [0.4, 0.5) is 27.8 Å². The van der Waals surface area contributed by atoms with E-state index in [0.717, 1.165) is 19.3 Å². The lowest BCUT2D eigenvalue weighted by Crippen LogP contribution is -2.49. The topological polar surface area (TPSA) is 46.9 Å². The first-order chi connectivity index (χ1) is 12.1. The molecule has 3 saturated carbocycles. The van der Waals surface area contributed by atoms with Gasteiger partial charge in [0.25, 0.3) is 5.92 Å². The minimum atomic E-state index is -4.43. The van der Waals surface area contributed by atoms with Crippen LogP contribution in [-0.4, -0.2) is 27.8 Å². The van der Waals surface area contributed by atoms with E-state index in [1.165, 1.54) is 11.7 Å². The van der Waals surface area contributed by atoms with Crippen molar-refractivity contribution in [2.75, 3.05) is 5.32 Å². The number of hydrogen-bond donors (Lipinski definition) is 1. The number of carbonyl (C=O) groups is 1. The van der Waals surface area contributed by atoms with Gasteiger partial charge in [-0.25, -0.2) is 8.78 Å². The van der Waals surface area contributed by atoms with Gasteiger partial charge in [0.15, 0.2) is 0 Å². The van der Waals surface area contributed by atoms with Crippen LogP contribution >= 0.6 is 0 Å². The first-order valence-electron chi connectivity index (χ1n) is 8.89. The number of amides is 1. The van der Waals surface area contributed by atoms with Gasteiger partial charge < -0.3 is 5.32 Å². The number of nitrogens with zero attached hydrogens (tertiary/aromatic N) is 2. The maximum absolute atomic E-state index is 13.8. The maximum atomic E-state index is 13.8. The van der Waals surface area contributed by atoms with Crippen molar-refractivity contribution < 1.29 is 26.7 Å². The third-order valence-corrected chi connectivity index (χ3v) is 6.18. The predicted octanol–water partition coefficient (Wildman–Crippen LogP) is 4.27. The van der Waals surface area contributed by atoms with Gasteiger partial charge in [-0.3, -0.25) is 9.48 Å². The van der Waals surface area contributed by atoms with Crippen LogP contribution in [0.1, 0.15) is 62.1 Å². The monoisotopic (exact) mass is 377 g/mol. The molecule has 0 aliphatic heterocycles. The van der Waals surface area contributed by atoms with Crippen LogP contribution in [0.5, 0.6) is 0 Å². The van der Waals surface area contributed by atoms with Crippen molar-refractivity contribution in [3.05, 3.63) is 11.3 Å². The summed E-state index contributed by atoms with van der Waals surface area (Å²) in [5.41, 5.74) is -1.61. The highest BCUT2D eigenvalue weighted by Gasteiger charge is 2.63. The first kappa shape index (κ1) is 17.7. The minimum Gasteiger partial charge on any atom is -0.310 e. The molecule has 1 heterocycles. The van der Waals surface area contributed by atoms with Crippen molar-refractivity contribution >= 4 is 11.7 Å².